The second kappa shape index (κ2) is 6.27. The number of carbonyl (C=O) groups is 1. The normalized spacial score (nSPS) is 14.7. The summed E-state index contributed by atoms with van der Waals surface area (Å²) in [6.45, 7) is 0.197. The third kappa shape index (κ3) is 4.07. The Kier molecular flexibility index (Phi) is 4.34. The second-order valence-electron chi connectivity index (χ2n) is 5.35. The van der Waals surface area contributed by atoms with E-state index in [9.17, 15) is 18.0 Å². The Balaban J connectivity index is 1.67. The van der Waals surface area contributed by atoms with Crippen LogP contribution in [0.15, 0.2) is 23.6 Å². The predicted octanol–water partition coefficient (Wildman–Crippen LogP) is 3.41. The molecule has 1 aliphatic rings. The van der Waals surface area contributed by atoms with Gasteiger partial charge in [0, 0.05) is 24.6 Å². The summed E-state index contributed by atoms with van der Waals surface area (Å²) < 4.78 is 38.7. The molecule has 1 saturated carbocycles. The van der Waals surface area contributed by atoms with Crippen LogP contribution in [0.1, 0.15) is 45.6 Å². The van der Waals surface area contributed by atoms with E-state index in [2.05, 4.69) is 15.3 Å². The summed E-state index contributed by atoms with van der Waals surface area (Å²) in [6, 6.07) is 4.48. The molecule has 2 aromatic heterocycles. The summed E-state index contributed by atoms with van der Waals surface area (Å²) in [5, 5.41) is 4.45. The van der Waals surface area contributed by atoms with Crippen molar-refractivity contribution in [2.45, 2.75) is 31.4 Å². The molecular formula is C15H14F3N3OS. The Labute approximate surface area is 134 Å². The first-order valence-electron chi connectivity index (χ1n) is 7.20. The molecule has 0 radical (unpaired) electrons. The van der Waals surface area contributed by atoms with E-state index in [0.717, 1.165) is 18.9 Å². The minimum absolute atomic E-state index is 0.110. The van der Waals surface area contributed by atoms with E-state index in [-0.39, 0.29) is 30.6 Å². The van der Waals surface area contributed by atoms with Crippen molar-refractivity contribution in [3.05, 3.63) is 45.7 Å². The zero-order valence-corrected chi connectivity index (χ0v) is 12.9. The molecule has 0 aliphatic heterocycles. The minimum Gasteiger partial charge on any atom is -0.351 e. The lowest BCUT2D eigenvalue weighted by Gasteiger charge is -2.10. The number of nitrogens with zero attached hydrogens (tertiary/aromatic N) is 2. The summed E-state index contributed by atoms with van der Waals surface area (Å²) in [4.78, 5) is 20.1. The van der Waals surface area contributed by atoms with E-state index < -0.39 is 11.9 Å². The molecule has 0 spiro atoms. The van der Waals surface area contributed by atoms with Crippen molar-refractivity contribution < 1.29 is 18.0 Å². The molecule has 1 N–H and O–H groups in total. The van der Waals surface area contributed by atoms with Gasteiger partial charge in [0.05, 0.1) is 4.88 Å². The van der Waals surface area contributed by atoms with Crippen molar-refractivity contribution in [3.8, 4) is 0 Å². The topological polar surface area (TPSA) is 54.9 Å². The van der Waals surface area contributed by atoms with Gasteiger partial charge in [-0.2, -0.15) is 13.2 Å². The number of thiophene rings is 1. The molecule has 122 valence electrons. The maximum Gasteiger partial charge on any atom is 0.433 e. The highest BCUT2D eigenvalue weighted by Crippen LogP contribution is 2.40. The lowest BCUT2D eigenvalue weighted by atomic mass is 10.2. The molecule has 23 heavy (non-hydrogen) atoms. The SMILES string of the molecule is O=C(NCCc1nc(C2CC2)cc(C(F)(F)F)n1)c1cccs1. The largest absolute Gasteiger partial charge is 0.433 e. The molecule has 1 fully saturated rings. The number of nitrogens with one attached hydrogen (secondary N) is 1. The van der Waals surface area contributed by atoms with Gasteiger partial charge in [0.2, 0.25) is 0 Å². The van der Waals surface area contributed by atoms with Crippen molar-refractivity contribution >= 4 is 17.2 Å². The van der Waals surface area contributed by atoms with E-state index in [4.69, 9.17) is 0 Å². The monoisotopic (exact) mass is 341 g/mol. The first-order chi connectivity index (χ1) is 10.9. The number of aromatic nitrogens is 2. The molecule has 8 heteroatoms. The van der Waals surface area contributed by atoms with Gasteiger partial charge in [-0.05, 0) is 30.4 Å². The van der Waals surface area contributed by atoms with Crippen LogP contribution in [0.2, 0.25) is 0 Å². The fourth-order valence-electron chi connectivity index (χ4n) is 2.15. The Hall–Kier alpha value is -1.96. The van der Waals surface area contributed by atoms with Gasteiger partial charge < -0.3 is 5.32 Å². The quantitative estimate of drug-likeness (QED) is 0.907. The van der Waals surface area contributed by atoms with Crippen LogP contribution in [0.4, 0.5) is 13.2 Å². The fourth-order valence-corrected chi connectivity index (χ4v) is 2.79. The number of carbonyl (C=O) groups excluding carboxylic acids is 1. The van der Waals surface area contributed by atoms with Crippen LogP contribution in [0.5, 0.6) is 0 Å². The number of hydrogen-bond donors (Lipinski definition) is 1. The van der Waals surface area contributed by atoms with Crippen LogP contribution in [-0.2, 0) is 12.6 Å². The highest BCUT2D eigenvalue weighted by atomic mass is 32.1. The first kappa shape index (κ1) is 15.9. The van der Waals surface area contributed by atoms with Gasteiger partial charge in [0.15, 0.2) is 0 Å². The molecule has 0 aromatic carbocycles. The number of hydrogen-bond acceptors (Lipinski definition) is 4. The van der Waals surface area contributed by atoms with Crippen LogP contribution in [0.25, 0.3) is 0 Å². The summed E-state index contributed by atoms with van der Waals surface area (Å²) in [7, 11) is 0. The van der Waals surface area contributed by atoms with Crippen LogP contribution in [0, 0.1) is 0 Å². The van der Waals surface area contributed by atoms with Crippen molar-refractivity contribution in [2.75, 3.05) is 6.54 Å². The van der Waals surface area contributed by atoms with Crippen LogP contribution >= 0.6 is 11.3 Å². The summed E-state index contributed by atoms with van der Waals surface area (Å²) in [5.74, 6) is -0.0128. The highest BCUT2D eigenvalue weighted by Gasteiger charge is 2.35. The highest BCUT2D eigenvalue weighted by molar-refractivity contribution is 7.12. The standard InChI is InChI=1S/C15H14F3N3OS/c16-15(17,18)12-8-10(9-3-4-9)20-13(21-12)5-6-19-14(22)11-2-1-7-23-11/h1-2,7-9H,3-6H2,(H,19,22). The molecule has 4 nitrogen and oxygen atoms in total. The average molecular weight is 341 g/mol. The maximum atomic E-state index is 12.9. The lowest BCUT2D eigenvalue weighted by molar-refractivity contribution is -0.141. The number of alkyl halides is 3. The van der Waals surface area contributed by atoms with Gasteiger partial charge in [0.25, 0.3) is 5.91 Å². The Bertz CT molecular complexity index is 696. The average Bonchev–Trinajstić information content (AvgIpc) is 3.20. The Morgan fingerprint density at radius 3 is 2.74 bits per heavy atom. The molecule has 3 rings (SSSR count). The zero-order valence-electron chi connectivity index (χ0n) is 12.1. The van der Waals surface area contributed by atoms with Crippen LogP contribution in [-0.4, -0.2) is 22.4 Å². The first-order valence-corrected chi connectivity index (χ1v) is 8.08. The van der Waals surface area contributed by atoms with Crippen molar-refractivity contribution in [3.63, 3.8) is 0 Å². The van der Waals surface area contributed by atoms with E-state index in [1.807, 2.05) is 0 Å². The van der Waals surface area contributed by atoms with Crippen molar-refractivity contribution in [1.29, 1.82) is 0 Å². The van der Waals surface area contributed by atoms with Gasteiger partial charge >= 0.3 is 6.18 Å². The molecule has 2 aromatic rings. The molecular weight excluding hydrogens is 327 g/mol. The van der Waals surface area contributed by atoms with Gasteiger partial charge in [-0.3, -0.25) is 4.79 Å². The fraction of sp³-hybridized carbons (Fsp3) is 0.400. The number of rotatable bonds is 5. The number of amides is 1. The third-order valence-electron chi connectivity index (χ3n) is 3.46. The van der Waals surface area contributed by atoms with Gasteiger partial charge in [0.1, 0.15) is 11.5 Å². The van der Waals surface area contributed by atoms with E-state index in [1.54, 1.807) is 17.5 Å². The summed E-state index contributed by atoms with van der Waals surface area (Å²) >= 11 is 1.31. The number of halogens is 3. The van der Waals surface area contributed by atoms with E-state index in [1.165, 1.54) is 11.3 Å². The van der Waals surface area contributed by atoms with Crippen molar-refractivity contribution in [2.24, 2.45) is 0 Å². The smallest absolute Gasteiger partial charge is 0.351 e. The Morgan fingerprint density at radius 2 is 2.13 bits per heavy atom. The molecule has 0 bridgehead atoms. The zero-order chi connectivity index (χ0) is 16.4. The van der Waals surface area contributed by atoms with E-state index >= 15 is 0 Å². The summed E-state index contributed by atoms with van der Waals surface area (Å²) in [6.07, 6.45) is -2.59. The molecule has 1 amide bonds. The second-order valence-corrected chi connectivity index (χ2v) is 6.30. The molecule has 0 unspecified atom stereocenters. The molecule has 2 heterocycles. The van der Waals surface area contributed by atoms with Gasteiger partial charge in [-0.25, -0.2) is 9.97 Å². The molecule has 0 atom stereocenters. The summed E-state index contributed by atoms with van der Waals surface area (Å²) in [5.41, 5.74) is -0.458. The third-order valence-corrected chi connectivity index (χ3v) is 4.33. The van der Waals surface area contributed by atoms with Crippen LogP contribution < -0.4 is 5.32 Å². The van der Waals surface area contributed by atoms with Crippen molar-refractivity contribution in [1.82, 2.24) is 15.3 Å². The van der Waals surface area contributed by atoms with E-state index in [0.29, 0.717) is 10.6 Å². The lowest BCUT2D eigenvalue weighted by Crippen LogP contribution is -2.25. The van der Waals surface area contributed by atoms with Crippen LogP contribution in [0.3, 0.4) is 0 Å². The Morgan fingerprint density at radius 1 is 1.35 bits per heavy atom. The minimum atomic E-state index is -4.48. The van der Waals surface area contributed by atoms with Gasteiger partial charge in [-0.15, -0.1) is 11.3 Å². The maximum absolute atomic E-state index is 12.9. The molecule has 1 aliphatic carbocycles. The molecule has 0 saturated heterocycles. The van der Waals surface area contributed by atoms with Gasteiger partial charge in [-0.1, -0.05) is 6.07 Å². The predicted molar refractivity (Wildman–Crippen MR) is 79.4 cm³/mol.